The van der Waals surface area contributed by atoms with E-state index in [0.717, 1.165) is 5.56 Å². The van der Waals surface area contributed by atoms with Gasteiger partial charge >= 0.3 is 0 Å². The van der Waals surface area contributed by atoms with Crippen molar-refractivity contribution in [3.8, 4) is 0 Å². The molecule has 3 rings (SSSR count). The summed E-state index contributed by atoms with van der Waals surface area (Å²) in [7, 11) is 0. The summed E-state index contributed by atoms with van der Waals surface area (Å²) in [5.41, 5.74) is 1.46. The lowest BCUT2D eigenvalue weighted by atomic mass is 9.94. The fourth-order valence-electron chi connectivity index (χ4n) is 3.47. The third-order valence-electron chi connectivity index (χ3n) is 5.33. The first-order chi connectivity index (χ1) is 13.9. The lowest BCUT2D eigenvalue weighted by molar-refractivity contribution is -0.127. The van der Waals surface area contributed by atoms with Crippen molar-refractivity contribution in [1.82, 2.24) is 10.2 Å². The number of rotatable bonds is 6. The molecular formula is C22H25ClFN3O2. The number of nitrogens with zero attached hydrogens (tertiary/aromatic N) is 1. The van der Waals surface area contributed by atoms with Crippen molar-refractivity contribution in [3.63, 3.8) is 0 Å². The van der Waals surface area contributed by atoms with Gasteiger partial charge in [0.1, 0.15) is 5.82 Å². The van der Waals surface area contributed by atoms with Crippen LogP contribution in [0.1, 0.15) is 25.3 Å². The van der Waals surface area contributed by atoms with Crippen LogP contribution in [0.25, 0.3) is 0 Å². The van der Waals surface area contributed by atoms with E-state index in [1.165, 1.54) is 18.2 Å². The number of carbonyl (C=O) groups excluding carboxylic acids is 2. The van der Waals surface area contributed by atoms with Gasteiger partial charge in [-0.2, -0.15) is 0 Å². The molecule has 0 radical (unpaired) electrons. The SMILES string of the molecule is CC(C(=O)Nc1ccc(F)cc1Cl)N1CCC(C(=O)NCc2ccccc2)CC1. The van der Waals surface area contributed by atoms with Crippen molar-refractivity contribution < 1.29 is 14.0 Å². The standard InChI is InChI=1S/C22H25ClFN3O2/c1-15(21(28)26-20-8-7-18(24)13-19(20)23)27-11-9-17(10-12-27)22(29)25-14-16-5-3-2-4-6-16/h2-8,13,15,17H,9-12,14H2,1H3,(H,25,29)(H,26,28). The zero-order valence-corrected chi connectivity index (χ0v) is 17.1. The summed E-state index contributed by atoms with van der Waals surface area (Å²) >= 11 is 5.98. The number of amides is 2. The largest absolute Gasteiger partial charge is 0.352 e. The number of likely N-dealkylation sites (tertiary alicyclic amines) is 1. The van der Waals surface area contributed by atoms with Gasteiger partial charge in [-0.25, -0.2) is 4.39 Å². The summed E-state index contributed by atoms with van der Waals surface area (Å²) < 4.78 is 13.1. The molecule has 5 nitrogen and oxygen atoms in total. The molecule has 2 amide bonds. The molecule has 0 saturated carbocycles. The molecule has 0 aliphatic carbocycles. The fourth-order valence-corrected chi connectivity index (χ4v) is 3.69. The first kappa shape index (κ1) is 21.3. The molecule has 1 aliphatic rings. The van der Waals surface area contributed by atoms with Gasteiger partial charge in [0, 0.05) is 12.5 Å². The highest BCUT2D eigenvalue weighted by molar-refractivity contribution is 6.33. The Kier molecular flexibility index (Phi) is 7.23. The third-order valence-corrected chi connectivity index (χ3v) is 5.64. The highest BCUT2D eigenvalue weighted by Gasteiger charge is 2.29. The van der Waals surface area contributed by atoms with Gasteiger partial charge in [-0.1, -0.05) is 41.9 Å². The van der Waals surface area contributed by atoms with E-state index in [0.29, 0.717) is 38.2 Å². The molecule has 1 aliphatic heterocycles. The number of nitrogens with one attached hydrogen (secondary N) is 2. The Morgan fingerprint density at radius 2 is 1.86 bits per heavy atom. The molecule has 0 spiro atoms. The van der Waals surface area contributed by atoms with Crippen molar-refractivity contribution in [2.24, 2.45) is 5.92 Å². The van der Waals surface area contributed by atoms with Crippen LogP contribution in [-0.2, 0) is 16.1 Å². The van der Waals surface area contributed by atoms with Crippen LogP contribution in [0.2, 0.25) is 5.02 Å². The van der Waals surface area contributed by atoms with Gasteiger partial charge in [-0.3, -0.25) is 14.5 Å². The Morgan fingerprint density at radius 3 is 2.52 bits per heavy atom. The summed E-state index contributed by atoms with van der Waals surface area (Å²) in [5.74, 6) is -0.639. The van der Waals surface area contributed by atoms with E-state index in [1.807, 2.05) is 42.2 Å². The van der Waals surface area contributed by atoms with Crippen LogP contribution < -0.4 is 10.6 Å². The van der Waals surface area contributed by atoms with Crippen LogP contribution in [0.3, 0.4) is 0 Å². The van der Waals surface area contributed by atoms with Gasteiger partial charge in [0.2, 0.25) is 11.8 Å². The Morgan fingerprint density at radius 1 is 1.17 bits per heavy atom. The molecule has 0 aromatic heterocycles. The highest BCUT2D eigenvalue weighted by atomic mass is 35.5. The molecule has 29 heavy (non-hydrogen) atoms. The van der Waals surface area contributed by atoms with E-state index in [2.05, 4.69) is 10.6 Å². The van der Waals surface area contributed by atoms with E-state index in [4.69, 9.17) is 11.6 Å². The van der Waals surface area contributed by atoms with Gasteiger partial charge in [0.25, 0.3) is 0 Å². The second-order valence-corrected chi connectivity index (χ2v) is 7.71. The second-order valence-electron chi connectivity index (χ2n) is 7.30. The molecule has 154 valence electrons. The van der Waals surface area contributed by atoms with E-state index < -0.39 is 5.82 Å². The van der Waals surface area contributed by atoms with Crippen molar-refractivity contribution >= 4 is 29.1 Å². The number of halogens is 2. The summed E-state index contributed by atoms with van der Waals surface area (Å²) in [6.07, 6.45) is 1.41. The lowest BCUT2D eigenvalue weighted by Gasteiger charge is -2.34. The first-order valence-electron chi connectivity index (χ1n) is 9.75. The molecule has 1 atom stereocenters. The molecule has 1 saturated heterocycles. The first-order valence-corrected chi connectivity index (χ1v) is 10.1. The van der Waals surface area contributed by atoms with Crippen molar-refractivity contribution in [2.75, 3.05) is 18.4 Å². The van der Waals surface area contributed by atoms with E-state index in [-0.39, 0.29) is 28.8 Å². The molecule has 2 aromatic carbocycles. The predicted octanol–water partition coefficient (Wildman–Crippen LogP) is 3.83. The van der Waals surface area contributed by atoms with Crippen LogP contribution in [0, 0.1) is 11.7 Å². The molecule has 1 unspecified atom stereocenters. The van der Waals surface area contributed by atoms with Crippen LogP contribution in [0.15, 0.2) is 48.5 Å². The average molecular weight is 418 g/mol. The number of hydrogen-bond acceptors (Lipinski definition) is 3. The normalized spacial score (nSPS) is 16.2. The van der Waals surface area contributed by atoms with E-state index in [9.17, 15) is 14.0 Å². The molecule has 1 fully saturated rings. The number of benzene rings is 2. The Labute approximate surface area is 175 Å². The van der Waals surface area contributed by atoms with Crippen LogP contribution >= 0.6 is 11.6 Å². The minimum atomic E-state index is -0.450. The minimum Gasteiger partial charge on any atom is -0.352 e. The van der Waals surface area contributed by atoms with Crippen molar-refractivity contribution in [3.05, 3.63) is 64.9 Å². The van der Waals surface area contributed by atoms with E-state index >= 15 is 0 Å². The maximum absolute atomic E-state index is 13.1. The third kappa shape index (κ3) is 5.78. The smallest absolute Gasteiger partial charge is 0.241 e. The number of piperidine rings is 1. The van der Waals surface area contributed by atoms with Gasteiger partial charge in [-0.15, -0.1) is 0 Å². The minimum absolute atomic E-state index is 0.0447. The monoisotopic (exact) mass is 417 g/mol. The molecule has 2 aromatic rings. The summed E-state index contributed by atoms with van der Waals surface area (Å²) in [5, 5.41) is 5.91. The summed E-state index contributed by atoms with van der Waals surface area (Å²) in [4.78, 5) is 27.0. The van der Waals surface area contributed by atoms with E-state index in [1.54, 1.807) is 0 Å². The molecule has 7 heteroatoms. The fraction of sp³-hybridized carbons (Fsp3) is 0.364. The van der Waals surface area contributed by atoms with Gasteiger partial charge in [0.05, 0.1) is 16.8 Å². The zero-order valence-electron chi connectivity index (χ0n) is 16.3. The lowest BCUT2D eigenvalue weighted by Crippen LogP contribution is -2.48. The molecular weight excluding hydrogens is 393 g/mol. The molecule has 2 N–H and O–H groups in total. The predicted molar refractivity (Wildman–Crippen MR) is 112 cm³/mol. The topological polar surface area (TPSA) is 61.4 Å². The molecule has 0 bridgehead atoms. The van der Waals surface area contributed by atoms with Crippen LogP contribution in [0.4, 0.5) is 10.1 Å². The zero-order chi connectivity index (χ0) is 20.8. The number of carbonyl (C=O) groups is 2. The summed E-state index contributed by atoms with van der Waals surface area (Å²) in [6.45, 7) is 3.67. The van der Waals surface area contributed by atoms with Gasteiger partial charge < -0.3 is 10.6 Å². The Balaban J connectivity index is 1.46. The van der Waals surface area contributed by atoms with Gasteiger partial charge in [0.15, 0.2) is 0 Å². The maximum atomic E-state index is 13.1. The quantitative estimate of drug-likeness (QED) is 0.750. The molecule has 1 heterocycles. The summed E-state index contributed by atoms with van der Waals surface area (Å²) in [6, 6.07) is 13.3. The number of hydrogen-bond donors (Lipinski definition) is 2. The Hall–Kier alpha value is -2.44. The van der Waals surface area contributed by atoms with Gasteiger partial charge in [-0.05, 0) is 56.6 Å². The number of anilines is 1. The second kappa shape index (κ2) is 9.85. The highest BCUT2D eigenvalue weighted by Crippen LogP contribution is 2.24. The Bertz CT molecular complexity index is 854. The van der Waals surface area contributed by atoms with Crippen molar-refractivity contribution in [1.29, 1.82) is 0 Å². The van der Waals surface area contributed by atoms with Crippen molar-refractivity contribution in [2.45, 2.75) is 32.4 Å². The maximum Gasteiger partial charge on any atom is 0.241 e. The van der Waals surface area contributed by atoms with Crippen LogP contribution in [0.5, 0.6) is 0 Å². The van der Waals surface area contributed by atoms with Crippen LogP contribution in [-0.4, -0.2) is 35.8 Å². The average Bonchev–Trinajstić information content (AvgIpc) is 2.74.